The van der Waals surface area contributed by atoms with Gasteiger partial charge in [-0.3, -0.25) is 30.4 Å². The molecule has 0 aliphatic carbocycles. The lowest BCUT2D eigenvalue weighted by Crippen LogP contribution is -2.48. The quantitative estimate of drug-likeness (QED) is 0.150. The monoisotopic (exact) mass is 742 g/mol. The zero-order valence-corrected chi connectivity index (χ0v) is 28.9. The highest BCUT2D eigenvalue weighted by atomic mass is 16.6. The number of urea groups is 1. The van der Waals surface area contributed by atoms with Gasteiger partial charge < -0.3 is 30.3 Å². The van der Waals surface area contributed by atoms with E-state index in [0.717, 1.165) is 49.7 Å². The number of methoxy groups -OCH3 is 2. The second kappa shape index (κ2) is 15.6. The Morgan fingerprint density at radius 2 is 1.44 bits per heavy atom. The van der Waals surface area contributed by atoms with Crippen LogP contribution in [0.15, 0.2) is 60.9 Å². The van der Waals surface area contributed by atoms with Crippen LogP contribution in [0.1, 0.15) is 33.8 Å². The van der Waals surface area contributed by atoms with Gasteiger partial charge in [-0.15, -0.1) is 0 Å². The van der Waals surface area contributed by atoms with Crippen LogP contribution < -0.4 is 31.1 Å². The van der Waals surface area contributed by atoms with E-state index in [1.165, 1.54) is 55.8 Å². The summed E-state index contributed by atoms with van der Waals surface area (Å²) in [5, 5.41) is 26.9. The Labute approximate surface area is 306 Å². The number of aromatic nitrogens is 4. The molecule has 4 aliphatic rings. The minimum Gasteiger partial charge on any atom is -0.464 e. The predicted molar refractivity (Wildman–Crippen MR) is 194 cm³/mol. The average Bonchev–Trinajstić information content (AvgIpc) is 3.78. The summed E-state index contributed by atoms with van der Waals surface area (Å²) in [5.74, 6) is 0.379. The van der Waals surface area contributed by atoms with E-state index in [4.69, 9.17) is 10.5 Å². The molecule has 8 heterocycles. The van der Waals surface area contributed by atoms with Gasteiger partial charge in [0.05, 0.1) is 53.6 Å². The molecule has 0 radical (unpaired) electrons. The van der Waals surface area contributed by atoms with Crippen LogP contribution in [0.2, 0.25) is 0 Å². The highest BCUT2D eigenvalue weighted by Crippen LogP contribution is 2.39. The third-order valence-electron chi connectivity index (χ3n) is 8.87. The van der Waals surface area contributed by atoms with Crippen molar-refractivity contribution in [2.75, 3.05) is 71.5 Å². The van der Waals surface area contributed by atoms with Crippen molar-refractivity contribution in [3.8, 4) is 0 Å². The minimum absolute atomic E-state index is 0.0347. The topological polar surface area (TPSA) is 267 Å². The standard InChI is InChI=1S/C17H16N6O5.C11H13N3O2.C5H5N3O2/c1-28-16(24)12-2-3-13-15(19-12)22(11-5-7-21(13)9-11)17(25)20-14-8-10(23(26)27)4-6-18-14;1-16-11(15)8-2-3-9-10(13-8)12-7-4-5-14(9)6-7;6-5-3-4(8(9)10)1-2-7-5/h2-4,6,8,11H,5,7,9H2,1H3,(H,18,20,25);2-3,7H,4-6H2,1H3,(H,12,13);1-3H,(H2,6,7)/t11-;7-;/m00./s1. The van der Waals surface area contributed by atoms with Gasteiger partial charge in [0, 0.05) is 56.7 Å². The van der Waals surface area contributed by atoms with Gasteiger partial charge in [-0.05, 0) is 37.1 Å². The summed E-state index contributed by atoms with van der Waals surface area (Å²) >= 11 is 0. The van der Waals surface area contributed by atoms with E-state index in [1.54, 1.807) is 18.2 Å². The number of hydrogen-bond acceptors (Lipinski definition) is 17. The smallest absolute Gasteiger partial charge is 0.356 e. The molecule has 21 heteroatoms. The van der Waals surface area contributed by atoms with Gasteiger partial charge in [-0.2, -0.15) is 0 Å². The highest BCUT2D eigenvalue weighted by Gasteiger charge is 2.41. The second-order valence-corrected chi connectivity index (χ2v) is 12.2. The van der Waals surface area contributed by atoms with Gasteiger partial charge in [0.1, 0.15) is 11.6 Å². The Hall–Kier alpha value is -7.19. The second-order valence-electron chi connectivity index (χ2n) is 12.2. The lowest BCUT2D eigenvalue weighted by Gasteiger charge is -2.35. The van der Waals surface area contributed by atoms with E-state index < -0.39 is 27.8 Å². The van der Waals surface area contributed by atoms with E-state index in [0.29, 0.717) is 24.1 Å². The Kier molecular flexibility index (Phi) is 10.6. The first-order valence-electron chi connectivity index (χ1n) is 16.5. The number of ether oxygens (including phenoxy) is 2. The number of fused-ring (bicyclic) bond motifs is 8. The third-order valence-corrected chi connectivity index (χ3v) is 8.87. The zero-order valence-electron chi connectivity index (χ0n) is 28.9. The molecule has 4 aliphatic heterocycles. The number of carbonyl (C=O) groups is 3. The number of nitro groups is 2. The van der Waals surface area contributed by atoms with Crippen molar-refractivity contribution in [3.05, 3.63) is 92.5 Å². The van der Waals surface area contributed by atoms with Crippen LogP contribution in [0.25, 0.3) is 0 Å². The molecule has 21 nitrogen and oxygen atoms in total. The van der Waals surface area contributed by atoms with Crippen molar-refractivity contribution in [2.45, 2.75) is 24.9 Å². The van der Waals surface area contributed by atoms with Crippen molar-refractivity contribution < 1.29 is 33.7 Å². The van der Waals surface area contributed by atoms with Crippen molar-refractivity contribution in [1.82, 2.24) is 19.9 Å². The van der Waals surface area contributed by atoms with Crippen LogP contribution in [0, 0.1) is 20.2 Å². The molecule has 54 heavy (non-hydrogen) atoms. The lowest BCUT2D eigenvalue weighted by molar-refractivity contribution is -0.385. The maximum Gasteiger partial charge on any atom is 0.356 e. The summed E-state index contributed by atoms with van der Waals surface area (Å²) < 4.78 is 9.37. The summed E-state index contributed by atoms with van der Waals surface area (Å²) in [6, 6.07) is 11.7. The van der Waals surface area contributed by atoms with Crippen molar-refractivity contribution in [3.63, 3.8) is 0 Å². The fraction of sp³-hybridized carbons (Fsp3) is 0.303. The number of carbonyl (C=O) groups excluding carboxylic acids is 3. The molecule has 0 saturated carbocycles. The van der Waals surface area contributed by atoms with Crippen LogP contribution in [0.3, 0.4) is 0 Å². The highest BCUT2D eigenvalue weighted by molar-refractivity contribution is 6.04. The first kappa shape index (κ1) is 36.6. The molecule has 0 unspecified atom stereocenters. The van der Waals surface area contributed by atoms with E-state index in [2.05, 4.69) is 45.1 Å². The van der Waals surface area contributed by atoms with Crippen LogP contribution in [0.4, 0.5) is 50.8 Å². The Bertz CT molecular complexity index is 2120. The summed E-state index contributed by atoms with van der Waals surface area (Å²) in [6.07, 6.45) is 4.42. The SMILES string of the molecule is COC(=O)c1ccc2c(n1)N(C(=O)Nc1cc([N+](=O)[O-])ccn1)[C@H]1CCN2C1.COC(=O)c1ccc2c(n1)N[C@H]1CCN2C1.Nc1cc([N+](=O)[O-])ccn1. The van der Waals surface area contributed by atoms with Gasteiger partial charge in [0.2, 0.25) is 0 Å². The van der Waals surface area contributed by atoms with E-state index in [1.807, 2.05) is 6.07 Å². The fourth-order valence-electron chi connectivity index (χ4n) is 6.33. The van der Waals surface area contributed by atoms with Gasteiger partial charge in [-0.1, -0.05) is 0 Å². The number of nitrogen functional groups attached to an aromatic ring is 1. The number of nitrogens with zero attached hydrogens (tertiary/aromatic N) is 9. The summed E-state index contributed by atoms with van der Waals surface area (Å²) in [5.41, 5.74) is 7.24. The number of nitrogens with two attached hydrogens (primary N) is 1. The summed E-state index contributed by atoms with van der Waals surface area (Å²) in [7, 11) is 2.62. The van der Waals surface area contributed by atoms with Crippen LogP contribution in [-0.4, -0.2) is 100 Å². The number of rotatable bonds is 5. The normalized spacial score (nSPS) is 16.9. The van der Waals surface area contributed by atoms with Gasteiger partial charge in [-0.25, -0.2) is 34.3 Å². The number of nitrogens with one attached hydrogen (secondary N) is 2. The number of pyridine rings is 4. The van der Waals surface area contributed by atoms with Crippen LogP contribution in [0.5, 0.6) is 0 Å². The van der Waals surface area contributed by atoms with Crippen molar-refractivity contribution in [1.29, 1.82) is 0 Å². The molecule has 4 aromatic rings. The molecule has 4 aromatic heterocycles. The van der Waals surface area contributed by atoms with E-state index >= 15 is 0 Å². The largest absolute Gasteiger partial charge is 0.464 e. The molecule has 8 rings (SSSR count). The molecule has 0 spiro atoms. The molecule has 4 N–H and O–H groups in total. The number of hydrogen-bond donors (Lipinski definition) is 3. The molecular weight excluding hydrogens is 708 g/mol. The number of anilines is 6. The average molecular weight is 743 g/mol. The Morgan fingerprint density at radius 3 is 2.09 bits per heavy atom. The lowest BCUT2D eigenvalue weighted by atomic mass is 10.2. The molecule has 280 valence electrons. The van der Waals surface area contributed by atoms with Crippen molar-refractivity contribution >= 4 is 64.0 Å². The maximum absolute atomic E-state index is 13.0. The Balaban J connectivity index is 0.000000160. The first-order chi connectivity index (χ1) is 25.9. The van der Waals surface area contributed by atoms with Crippen LogP contribution >= 0.6 is 0 Å². The first-order valence-corrected chi connectivity index (χ1v) is 16.5. The maximum atomic E-state index is 13.0. The molecular formula is C33H34N12O9. The number of esters is 2. The van der Waals surface area contributed by atoms with Gasteiger partial charge in [0.25, 0.3) is 11.4 Å². The molecule has 2 saturated heterocycles. The predicted octanol–water partition coefficient (Wildman–Crippen LogP) is 3.25. The summed E-state index contributed by atoms with van der Waals surface area (Å²) in [6.45, 7) is 3.49. The molecule has 2 fully saturated rings. The minimum atomic E-state index is -0.601. The fourth-order valence-corrected chi connectivity index (χ4v) is 6.33. The van der Waals surface area contributed by atoms with Gasteiger partial charge >= 0.3 is 18.0 Å². The molecule has 0 aromatic carbocycles. The van der Waals surface area contributed by atoms with E-state index in [-0.39, 0.29) is 34.7 Å². The van der Waals surface area contributed by atoms with E-state index in [9.17, 15) is 34.6 Å². The third kappa shape index (κ3) is 7.83. The van der Waals surface area contributed by atoms with Crippen molar-refractivity contribution in [2.24, 2.45) is 0 Å². The molecule has 2 atom stereocenters. The zero-order chi connectivity index (χ0) is 38.5. The van der Waals surface area contributed by atoms with Crippen LogP contribution in [-0.2, 0) is 9.47 Å². The van der Waals surface area contributed by atoms with Gasteiger partial charge in [0.15, 0.2) is 23.0 Å². The molecule has 2 amide bonds. The summed E-state index contributed by atoms with van der Waals surface area (Å²) in [4.78, 5) is 78.2. The Morgan fingerprint density at radius 1 is 0.833 bits per heavy atom. The molecule has 4 bridgehead atoms. The number of amides is 2.